The minimum atomic E-state index is -0.365. The highest BCUT2D eigenvalue weighted by Crippen LogP contribution is 2.49. The number of cyclic esters (lactones) is 1. The zero-order valence-corrected chi connectivity index (χ0v) is 22.6. The van der Waals surface area contributed by atoms with E-state index in [1.807, 2.05) is 0 Å². The number of carbonyl (C=O) groups is 1. The van der Waals surface area contributed by atoms with Gasteiger partial charge in [0.15, 0.2) is 11.5 Å². The van der Waals surface area contributed by atoms with E-state index >= 15 is 0 Å². The molecule has 0 unspecified atom stereocenters. The predicted octanol–water partition coefficient (Wildman–Crippen LogP) is 5.83. The second kappa shape index (κ2) is 10.9. The number of rotatable bonds is 6. The number of hydrogen-bond donors (Lipinski definition) is 1. The van der Waals surface area contributed by atoms with Crippen LogP contribution in [0.5, 0.6) is 0 Å². The van der Waals surface area contributed by atoms with Crippen LogP contribution in [-0.4, -0.2) is 47.8 Å². The van der Waals surface area contributed by atoms with Gasteiger partial charge in [-0.1, -0.05) is 52.4 Å². The van der Waals surface area contributed by atoms with Gasteiger partial charge in [-0.2, -0.15) is 0 Å². The highest BCUT2D eigenvalue weighted by molar-refractivity contribution is 5.93. The number of hydrogen-bond acceptors (Lipinski definition) is 6. The first-order valence-electron chi connectivity index (χ1n) is 14.4. The van der Waals surface area contributed by atoms with Gasteiger partial charge in [-0.15, -0.1) is 0 Å². The molecule has 200 valence electrons. The quantitative estimate of drug-likeness (QED) is 0.464. The van der Waals surface area contributed by atoms with Crippen LogP contribution in [0.25, 0.3) is 0 Å². The van der Waals surface area contributed by atoms with Crippen LogP contribution in [0.3, 0.4) is 0 Å². The highest BCUT2D eigenvalue weighted by atomic mass is 16.6. The molecule has 0 aromatic heterocycles. The fraction of sp³-hybridized carbons (Fsp3) is 0.767. The minimum Gasteiger partial charge on any atom is -0.492 e. The molecule has 0 amide bonds. The van der Waals surface area contributed by atoms with Gasteiger partial charge in [0.05, 0.1) is 18.8 Å². The summed E-state index contributed by atoms with van der Waals surface area (Å²) in [7, 11) is 1.57. The number of esters is 1. The van der Waals surface area contributed by atoms with E-state index in [-0.39, 0.29) is 30.0 Å². The lowest BCUT2D eigenvalue weighted by molar-refractivity contribution is -0.133. The number of fused-ring (bicyclic) bond motifs is 3. The number of carbonyl (C=O) groups excluding carboxylic acids is 1. The molecule has 0 aromatic rings. The number of aliphatic hydroxyl groups is 1. The van der Waals surface area contributed by atoms with E-state index in [1.54, 1.807) is 14.0 Å². The molecule has 5 aliphatic rings. The lowest BCUT2D eigenvalue weighted by Crippen LogP contribution is -2.54. The van der Waals surface area contributed by atoms with Crippen molar-refractivity contribution in [3.63, 3.8) is 0 Å². The van der Waals surface area contributed by atoms with E-state index in [1.165, 1.54) is 32.1 Å². The largest absolute Gasteiger partial charge is 0.492 e. The summed E-state index contributed by atoms with van der Waals surface area (Å²) < 4.78 is 17.5. The summed E-state index contributed by atoms with van der Waals surface area (Å²) in [5.74, 6) is 4.08. The number of ether oxygens (including phenoxy) is 3. The third-order valence-corrected chi connectivity index (χ3v) is 9.80. The first kappa shape index (κ1) is 25.8. The van der Waals surface area contributed by atoms with Crippen LogP contribution in [0.2, 0.25) is 0 Å². The first-order valence-corrected chi connectivity index (χ1v) is 14.4. The molecule has 0 radical (unpaired) electrons. The summed E-state index contributed by atoms with van der Waals surface area (Å²) >= 11 is 0. The van der Waals surface area contributed by atoms with Crippen LogP contribution in [0.4, 0.5) is 0 Å². The normalized spacial score (nSPS) is 35.4. The molecule has 3 fully saturated rings. The molecule has 6 heteroatoms. The standard InChI is InChI=1S/C30H45NO5/c1-18(21-10-6-5-7-11-21)15-16-24(32)22-12-8-13-23-26-19(2)28(35-25(26)14-9-17-31(22)23)29-27(34-4)20(3)30(33)36-29/h14,18-19,21-24,26,32H,5-13,15-17H2,1-4H3/b29-28-/t18-,19-,22-,23-,24-,26+/m0/s1. The Kier molecular flexibility index (Phi) is 7.83. The van der Waals surface area contributed by atoms with Gasteiger partial charge >= 0.3 is 5.97 Å². The van der Waals surface area contributed by atoms with E-state index in [2.05, 4.69) is 24.8 Å². The first-order chi connectivity index (χ1) is 17.4. The van der Waals surface area contributed by atoms with Gasteiger partial charge in [0.1, 0.15) is 5.76 Å². The maximum absolute atomic E-state index is 12.2. The monoisotopic (exact) mass is 499 g/mol. The average Bonchev–Trinajstić information content (AvgIpc) is 3.28. The lowest BCUT2D eigenvalue weighted by Gasteiger charge is -2.46. The third kappa shape index (κ3) is 4.76. The molecule has 1 N–H and O–H groups in total. The van der Waals surface area contributed by atoms with Crippen LogP contribution < -0.4 is 0 Å². The fourth-order valence-corrected chi connectivity index (χ4v) is 7.70. The molecule has 0 bridgehead atoms. The smallest absolute Gasteiger partial charge is 0.343 e. The number of methoxy groups -OCH3 is 1. The second-order valence-electron chi connectivity index (χ2n) is 11.9. The van der Waals surface area contributed by atoms with Crippen LogP contribution in [-0.2, 0) is 19.0 Å². The molecule has 36 heavy (non-hydrogen) atoms. The van der Waals surface area contributed by atoms with Gasteiger partial charge in [0.25, 0.3) is 0 Å². The summed E-state index contributed by atoms with van der Waals surface area (Å²) in [5.41, 5.74) is 0.488. The van der Waals surface area contributed by atoms with Gasteiger partial charge in [0.2, 0.25) is 5.76 Å². The van der Waals surface area contributed by atoms with Gasteiger partial charge in [-0.05, 0) is 56.9 Å². The van der Waals surface area contributed by atoms with Crippen molar-refractivity contribution < 1.29 is 24.1 Å². The van der Waals surface area contributed by atoms with E-state index in [0.29, 0.717) is 34.8 Å². The van der Waals surface area contributed by atoms with Gasteiger partial charge in [-0.3, -0.25) is 4.90 Å². The van der Waals surface area contributed by atoms with E-state index < -0.39 is 0 Å². The van der Waals surface area contributed by atoms with Gasteiger partial charge in [0, 0.05) is 30.5 Å². The topological polar surface area (TPSA) is 68.2 Å². The zero-order valence-electron chi connectivity index (χ0n) is 22.6. The van der Waals surface area contributed by atoms with Crippen molar-refractivity contribution in [2.75, 3.05) is 13.7 Å². The van der Waals surface area contributed by atoms with E-state index in [0.717, 1.165) is 56.7 Å². The molecular formula is C30H45NO5. The summed E-state index contributed by atoms with van der Waals surface area (Å²) in [5, 5.41) is 11.4. The molecular weight excluding hydrogens is 454 g/mol. The Hall–Kier alpha value is -1.79. The second-order valence-corrected chi connectivity index (χ2v) is 11.9. The molecule has 0 aromatic carbocycles. The van der Waals surface area contributed by atoms with Crippen molar-refractivity contribution >= 4 is 5.97 Å². The Labute approximate surface area is 216 Å². The summed E-state index contributed by atoms with van der Waals surface area (Å²) in [6, 6.07) is 0.532. The Morgan fingerprint density at radius 3 is 2.64 bits per heavy atom. The maximum Gasteiger partial charge on any atom is 0.343 e. The average molecular weight is 500 g/mol. The molecule has 2 saturated heterocycles. The highest BCUT2D eigenvalue weighted by Gasteiger charge is 2.49. The molecule has 6 nitrogen and oxygen atoms in total. The molecule has 5 rings (SSSR count). The van der Waals surface area contributed by atoms with Crippen LogP contribution in [0, 0.1) is 23.7 Å². The fourth-order valence-electron chi connectivity index (χ4n) is 7.70. The molecule has 6 atom stereocenters. The molecule has 1 aliphatic carbocycles. The van der Waals surface area contributed by atoms with Gasteiger partial charge in [-0.25, -0.2) is 4.79 Å². The number of allylic oxidation sites excluding steroid dienone is 1. The van der Waals surface area contributed by atoms with Crippen molar-refractivity contribution in [2.45, 2.75) is 110 Å². The zero-order chi connectivity index (χ0) is 25.4. The van der Waals surface area contributed by atoms with Crippen LogP contribution in [0.1, 0.15) is 91.4 Å². The van der Waals surface area contributed by atoms with E-state index in [4.69, 9.17) is 14.2 Å². The van der Waals surface area contributed by atoms with Gasteiger partial charge < -0.3 is 19.3 Å². The van der Waals surface area contributed by atoms with Crippen LogP contribution >= 0.6 is 0 Å². The number of nitrogens with zero attached hydrogens (tertiary/aromatic N) is 1. The third-order valence-electron chi connectivity index (χ3n) is 9.80. The van der Waals surface area contributed by atoms with Crippen molar-refractivity contribution in [1.29, 1.82) is 0 Å². The van der Waals surface area contributed by atoms with Crippen molar-refractivity contribution in [1.82, 2.24) is 4.90 Å². The number of aliphatic hydroxyl groups excluding tert-OH is 1. The molecule has 1 saturated carbocycles. The molecule has 4 heterocycles. The SMILES string of the molecule is COC1=C(C)C(=O)O/C1=C1\OC2=CCCN3[C@@H](CCC[C@H]3[C@@H](O)CC[C@H](C)C3CCCCC3)[C@H]2[C@@H]1C. The lowest BCUT2D eigenvalue weighted by atomic mass is 9.77. The summed E-state index contributed by atoms with van der Waals surface area (Å²) in [6.45, 7) is 7.28. The minimum absolute atomic E-state index is 0.0721. The predicted molar refractivity (Wildman–Crippen MR) is 138 cm³/mol. The Balaban J connectivity index is 1.30. The summed E-state index contributed by atoms with van der Waals surface area (Å²) in [6.07, 6.45) is 15.1. The van der Waals surface area contributed by atoms with Crippen LogP contribution in [0.15, 0.2) is 34.7 Å². The summed E-state index contributed by atoms with van der Waals surface area (Å²) in [4.78, 5) is 14.8. The Bertz CT molecular complexity index is 930. The number of piperidine rings is 1. The van der Waals surface area contributed by atoms with E-state index in [9.17, 15) is 9.90 Å². The molecule has 4 aliphatic heterocycles. The van der Waals surface area contributed by atoms with Crippen molar-refractivity contribution in [3.8, 4) is 0 Å². The Morgan fingerprint density at radius 2 is 1.89 bits per heavy atom. The molecule has 0 spiro atoms. The van der Waals surface area contributed by atoms with Crippen molar-refractivity contribution in [3.05, 3.63) is 34.7 Å². The van der Waals surface area contributed by atoms with Crippen molar-refractivity contribution in [2.24, 2.45) is 23.7 Å². The Morgan fingerprint density at radius 1 is 1.11 bits per heavy atom. The maximum atomic E-state index is 12.2.